The van der Waals surface area contributed by atoms with Crippen LogP contribution < -0.4 is 9.79 Å². The van der Waals surface area contributed by atoms with Gasteiger partial charge in [0.2, 0.25) is 5.92 Å². The zero-order valence-electron chi connectivity index (χ0n) is 9.74. The third-order valence-corrected chi connectivity index (χ3v) is 4.97. The molecule has 100 valence electrons. The third kappa shape index (κ3) is 3.12. The average Bonchev–Trinajstić information content (AvgIpc) is 2.15. The van der Waals surface area contributed by atoms with Crippen LogP contribution in [0.3, 0.4) is 0 Å². The Hall–Kier alpha value is -0.320. The second-order valence-corrected chi connectivity index (χ2v) is 7.16. The summed E-state index contributed by atoms with van der Waals surface area (Å²) in [6.45, 7) is 2.09. The number of carbonyl (C=O) groups excluding carboxylic acids is 1. The topological polar surface area (TPSA) is 80.3 Å². The van der Waals surface area contributed by atoms with Gasteiger partial charge in [0.25, 0.3) is 0 Å². The maximum atomic E-state index is 12.9. The highest BCUT2D eigenvalue weighted by Gasteiger charge is 2.42. The molecule has 1 rings (SSSR count). The first-order valence-electron chi connectivity index (χ1n) is 5.42. The number of hydrogen-bond acceptors (Lipinski definition) is 4. The van der Waals surface area contributed by atoms with Crippen LogP contribution in [0.2, 0.25) is 0 Å². The molecule has 7 heteroatoms. The molecule has 0 spiro atoms. The van der Waals surface area contributed by atoms with Gasteiger partial charge < -0.3 is 14.4 Å². The van der Waals surface area contributed by atoms with Crippen LogP contribution in [0.1, 0.15) is 39.5 Å². The third-order valence-electron chi connectivity index (χ3n) is 3.38. The highest BCUT2D eigenvalue weighted by molar-refractivity contribution is 7.51. The number of ketones is 1. The molecule has 0 bridgehead atoms. The Bertz CT molecular complexity index is 351. The Morgan fingerprint density at radius 1 is 1.29 bits per heavy atom. The number of rotatable bonds is 3. The van der Waals surface area contributed by atoms with Crippen LogP contribution in [0, 0.1) is 5.92 Å². The van der Waals surface area contributed by atoms with Gasteiger partial charge in [0, 0.05) is 18.8 Å². The summed E-state index contributed by atoms with van der Waals surface area (Å²) < 4.78 is 36.7. The molecular weight excluding hydrogens is 253 g/mol. The van der Waals surface area contributed by atoms with E-state index in [9.17, 15) is 27.9 Å². The van der Waals surface area contributed by atoms with Crippen LogP contribution in [-0.2, 0) is 9.36 Å². The van der Waals surface area contributed by atoms with Crippen LogP contribution in [0.5, 0.6) is 0 Å². The molecule has 1 aliphatic rings. The van der Waals surface area contributed by atoms with E-state index >= 15 is 0 Å². The summed E-state index contributed by atoms with van der Waals surface area (Å²) >= 11 is 0. The lowest BCUT2D eigenvalue weighted by atomic mass is 9.81. The summed E-state index contributed by atoms with van der Waals surface area (Å²) in [6.07, 6.45) is -0.979. The second kappa shape index (κ2) is 4.41. The first kappa shape index (κ1) is 14.7. The van der Waals surface area contributed by atoms with E-state index in [1.165, 1.54) is 0 Å². The molecule has 0 saturated heterocycles. The predicted octanol–water partition coefficient (Wildman–Crippen LogP) is 1.07. The van der Waals surface area contributed by atoms with Crippen LogP contribution >= 0.6 is 7.60 Å². The molecule has 1 fully saturated rings. The van der Waals surface area contributed by atoms with Crippen molar-refractivity contribution in [3.8, 4) is 0 Å². The molecule has 1 aliphatic carbocycles. The summed E-state index contributed by atoms with van der Waals surface area (Å²) in [4.78, 5) is 33.8. The molecule has 0 heterocycles. The quantitative estimate of drug-likeness (QED) is 0.717. The van der Waals surface area contributed by atoms with E-state index in [1.807, 2.05) is 0 Å². The molecule has 0 aromatic carbocycles. The lowest BCUT2D eigenvalue weighted by Crippen LogP contribution is -2.45. The van der Waals surface area contributed by atoms with Crippen molar-refractivity contribution in [3.05, 3.63) is 0 Å². The van der Waals surface area contributed by atoms with Gasteiger partial charge in [-0.05, 0) is 26.7 Å². The minimum absolute atomic E-state index is 0.0603. The Morgan fingerprint density at radius 3 is 2.06 bits per heavy atom. The van der Waals surface area contributed by atoms with E-state index in [4.69, 9.17) is 0 Å². The molecule has 0 unspecified atom stereocenters. The fourth-order valence-electron chi connectivity index (χ4n) is 1.94. The van der Waals surface area contributed by atoms with Gasteiger partial charge in [-0.2, -0.15) is 0 Å². The smallest absolute Gasteiger partial charge is 0.248 e. The maximum Gasteiger partial charge on any atom is 0.248 e. The summed E-state index contributed by atoms with van der Waals surface area (Å²) in [7, 11) is -5.06. The van der Waals surface area contributed by atoms with E-state index in [0.29, 0.717) is 0 Å². The van der Waals surface area contributed by atoms with Crippen molar-refractivity contribution in [1.29, 1.82) is 0 Å². The molecule has 17 heavy (non-hydrogen) atoms. The molecule has 0 aliphatic heterocycles. The molecule has 1 saturated carbocycles. The van der Waals surface area contributed by atoms with Gasteiger partial charge in [0.05, 0.1) is 5.16 Å². The Kier molecular flexibility index (Phi) is 3.82. The first-order valence-corrected chi connectivity index (χ1v) is 6.96. The van der Waals surface area contributed by atoms with Crippen molar-refractivity contribution in [3.63, 3.8) is 0 Å². The average molecular weight is 268 g/mol. The minimum atomic E-state index is -5.06. The highest BCUT2D eigenvalue weighted by Crippen LogP contribution is 2.47. The molecular formula is C10H15F2O4P-2. The van der Waals surface area contributed by atoms with Crippen molar-refractivity contribution in [1.82, 2.24) is 0 Å². The Morgan fingerprint density at radius 2 is 1.71 bits per heavy atom. The summed E-state index contributed by atoms with van der Waals surface area (Å²) in [5.74, 6) is -4.26. The van der Waals surface area contributed by atoms with Crippen molar-refractivity contribution in [2.75, 3.05) is 0 Å². The molecule has 0 aromatic rings. The van der Waals surface area contributed by atoms with Crippen LogP contribution in [0.4, 0.5) is 8.78 Å². The molecule has 0 aromatic heterocycles. The van der Waals surface area contributed by atoms with Gasteiger partial charge in [0.1, 0.15) is 5.78 Å². The lowest BCUT2D eigenvalue weighted by Gasteiger charge is -2.46. The summed E-state index contributed by atoms with van der Waals surface area (Å²) in [5, 5.41) is -2.01. The Balaban J connectivity index is 2.77. The fraction of sp³-hybridized carbons (Fsp3) is 0.900. The molecule has 0 radical (unpaired) electrons. The monoisotopic (exact) mass is 268 g/mol. The first-order chi connectivity index (χ1) is 7.47. The lowest BCUT2D eigenvalue weighted by molar-refractivity contribution is -0.318. The van der Waals surface area contributed by atoms with E-state index in [2.05, 4.69) is 0 Å². The van der Waals surface area contributed by atoms with Gasteiger partial charge in [-0.15, -0.1) is 0 Å². The van der Waals surface area contributed by atoms with Gasteiger partial charge in [0.15, 0.2) is 0 Å². The van der Waals surface area contributed by atoms with Crippen LogP contribution in [0.15, 0.2) is 0 Å². The van der Waals surface area contributed by atoms with Crippen LogP contribution in [-0.4, -0.2) is 16.9 Å². The predicted molar refractivity (Wildman–Crippen MR) is 53.6 cm³/mol. The van der Waals surface area contributed by atoms with E-state index < -0.39 is 43.2 Å². The number of Topliss-reactive ketones (excluding diaryl/α,β-unsaturated/α-hetero) is 1. The van der Waals surface area contributed by atoms with Crippen molar-refractivity contribution >= 4 is 13.4 Å². The number of halogens is 2. The molecule has 4 nitrogen and oxygen atoms in total. The van der Waals surface area contributed by atoms with Crippen LogP contribution in [0.25, 0.3) is 0 Å². The van der Waals surface area contributed by atoms with Crippen molar-refractivity contribution in [2.45, 2.75) is 50.6 Å². The summed E-state index contributed by atoms with van der Waals surface area (Å²) in [5.41, 5.74) is 0. The minimum Gasteiger partial charge on any atom is -0.810 e. The fourth-order valence-corrected chi connectivity index (χ4v) is 2.39. The number of carbonyl (C=O) groups is 1. The van der Waals surface area contributed by atoms with Crippen molar-refractivity contribution < 1.29 is 27.9 Å². The molecule has 0 atom stereocenters. The highest BCUT2D eigenvalue weighted by atomic mass is 31.2. The van der Waals surface area contributed by atoms with Gasteiger partial charge in [-0.25, -0.2) is 8.78 Å². The van der Waals surface area contributed by atoms with E-state index in [0.717, 1.165) is 13.8 Å². The molecule has 0 N–H and O–H groups in total. The largest absolute Gasteiger partial charge is 0.810 e. The molecule has 0 amide bonds. The van der Waals surface area contributed by atoms with Gasteiger partial charge in [-0.3, -0.25) is 4.79 Å². The van der Waals surface area contributed by atoms with Gasteiger partial charge >= 0.3 is 0 Å². The zero-order chi connectivity index (χ0) is 13.5. The van der Waals surface area contributed by atoms with Crippen molar-refractivity contribution in [2.24, 2.45) is 5.92 Å². The zero-order valence-corrected chi connectivity index (χ0v) is 10.6. The van der Waals surface area contributed by atoms with Gasteiger partial charge in [-0.1, -0.05) is 7.60 Å². The Labute approximate surface area is 98.6 Å². The second-order valence-electron chi connectivity index (χ2n) is 5.05. The summed E-state index contributed by atoms with van der Waals surface area (Å²) in [6, 6.07) is 0. The number of alkyl halides is 2. The van der Waals surface area contributed by atoms with E-state index in [1.54, 1.807) is 0 Å². The normalized spacial score (nSPS) is 22.5. The van der Waals surface area contributed by atoms with E-state index in [-0.39, 0.29) is 12.8 Å². The maximum absolute atomic E-state index is 12.9. The number of hydrogen-bond donors (Lipinski definition) is 0. The standard InChI is InChI=1S/C10H17F2O4P/c1-9(2,17(14,15)16)8(13)7-3-5-10(11,12)6-4-7/h7H,3-6H2,1-2H3,(H2,14,15,16)/p-2. The SMILES string of the molecule is CC(C)(C(=O)C1CCC(F)(F)CC1)P(=O)([O-])[O-].